The lowest BCUT2D eigenvalue weighted by atomic mass is 10.0. The number of rotatable bonds is 9. The number of pyridine rings is 3. The average Bonchev–Trinajstić information content (AvgIpc) is 3.59. The molecular weight excluding hydrogens is 571 g/mol. The summed E-state index contributed by atoms with van der Waals surface area (Å²) in [6.45, 7) is 1.94. The van der Waals surface area contributed by atoms with Gasteiger partial charge < -0.3 is 10.3 Å². The van der Waals surface area contributed by atoms with E-state index in [2.05, 4.69) is 30.5 Å². The third kappa shape index (κ3) is 6.11. The van der Waals surface area contributed by atoms with Crippen LogP contribution in [-0.4, -0.2) is 61.5 Å². The number of anilines is 1. The van der Waals surface area contributed by atoms with E-state index in [1.807, 2.05) is 25.1 Å². The van der Waals surface area contributed by atoms with Crippen molar-refractivity contribution in [3.8, 4) is 33.9 Å². The first kappa shape index (κ1) is 28.1. The summed E-state index contributed by atoms with van der Waals surface area (Å²) in [5.74, 6) is -0.205. The van der Waals surface area contributed by atoms with Crippen LogP contribution in [0.4, 0.5) is 10.1 Å². The predicted octanol–water partition coefficient (Wildman–Crippen LogP) is 5.09. The van der Waals surface area contributed by atoms with Crippen LogP contribution in [0.2, 0.25) is 0 Å². The van der Waals surface area contributed by atoms with Gasteiger partial charge in [-0.05, 0) is 54.3 Å². The SMILES string of the molecule is CCCC(=O)Nc1cncc(-c2ccc3[nH]nc(-c4nc5c(-c6cc(F)cc(CCS(C)(=O)=O)c6)cncc5[nH]4)c3n2)c1. The van der Waals surface area contributed by atoms with Gasteiger partial charge in [0, 0.05) is 36.2 Å². The lowest BCUT2D eigenvalue weighted by Gasteiger charge is -2.07. The van der Waals surface area contributed by atoms with Gasteiger partial charge in [0.1, 0.15) is 21.2 Å². The number of hydrogen-bond donors (Lipinski definition) is 3. The smallest absolute Gasteiger partial charge is 0.224 e. The molecule has 43 heavy (non-hydrogen) atoms. The first-order chi connectivity index (χ1) is 20.7. The van der Waals surface area contributed by atoms with Gasteiger partial charge in [-0.15, -0.1) is 0 Å². The molecule has 11 nitrogen and oxygen atoms in total. The molecule has 0 radical (unpaired) electrons. The minimum atomic E-state index is -3.21. The summed E-state index contributed by atoms with van der Waals surface area (Å²) in [5.41, 5.74) is 6.52. The second-order valence-corrected chi connectivity index (χ2v) is 12.6. The molecule has 0 atom stereocenters. The van der Waals surface area contributed by atoms with Crippen LogP contribution < -0.4 is 5.32 Å². The molecular formula is C30H27FN8O3S. The highest BCUT2D eigenvalue weighted by molar-refractivity contribution is 7.90. The highest BCUT2D eigenvalue weighted by Gasteiger charge is 2.18. The number of imidazole rings is 1. The van der Waals surface area contributed by atoms with E-state index in [1.54, 1.807) is 30.9 Å². The highest BCUT2D eigenvalue weighted by Crippen LogP contribution is 2.32. The Morgan fingerprint density at radius 2 is 1.79 bits per heavy atom. The number of carbonyl (C=O) groups excluding carboxylic acids is 1. The summed E-state index contributed by atoms with van der Waals surface area (Å²) >= 11 is 0. The Hall–Kier alpha value is -5.04. The number of hydrogen-bond acceptors (Lipinski definition) is 8. The van der Waals surface area contributed by atoms with Crippen molar-refractivity contribution >= 4 is 43.5 Å². The third-order valence-corrected chi connectivity index (χ3v) is 7.80. The fraction of sp³-hybridized carbons (Fsp3) is 0.200. The highest BCUT2D eigenvalue weighted by atomic mass is 32.2. The summed E-state index contributed by atoms with van der Waals surface area (Å²) in [7, 11) is -3.21. The summed E-state index contributed by atoms with van der Waals surface area (Å²) in [4.78, 5) is 33.5. The van der Waals surface area contributed by atoms with Crippen molar-refractivity contribution in [1.82, 2.24) is 35.1 Å². The van der Waals surface area contributed by atoms with E-state index < -0.39 is 15.7 Å². The van der Waals surface area contributed by atoms with Gasteiger partial charge in [0.25, 0.3) is 0 Å². The summed E-state index contributed by atoms with van der Waals surface area (Å²) in [5, 5.41) is 10.3. The van der Waals surface area contributed by atoms with Crippen LogP contribution in [0.15, 0.2) is 61.2 Å². The van der Waals surface area contributed by atoms with E-state index in [9.17, 15) is 17.6 Å². The first-order valence-corrected chi connectivity index (χ1v) is 15.6. The van der Waals surface area contributed by atoms with E-state index in [1.165, 1.54) is 12.1 Å². The number of nitrogens with zero attached hydrogens (tertiary/aromatic N) is 5. The second-order valence-electron chi connectivity index (χ2n) is 10.3. The molecule has 0 spiro atoms. The predicted molar refractivity (Wildman–Crippen MR) is 162 cm³/mol. The molecule has 0 fully saturated rings. The van der Waals surface area contributed by atoms with Crippen molar-refractivity contribution in [2.45, 2.75) is 26.2 Å². The van der Waals surface area contributed by atoms with Crippen LogP contribution in [0.1, 0.15) is 25.3 Å². The first-order valence-electron chi connectivity index (χ1n) is 13.6. The van der Waals surface area contributed by atoms with Crippen LogP contribution >= 0.6 is 0 Å². The van der Waals surface area contributed by atoms with Gasteiger partial charge in [-0.2, -0.15) is 5.10 Å². The Labute approximate surface area is 246 Å². The van der Waals surface area contributed by atoms with Crippen molar-refractivity contribution in [3.63, 3.8) is 0 Å². The number of fused-ring (bicyclic) bond motifs is 2. The molecule has 0 aliphatic carbocycles. The largest absolute Gasteiger partial charge is 0.335 e. The zero-order valence-electron chi connectivity index (χ0n) is 23.3. The quantitative estimate of drug-likeness (QED) is 0.208. The molecule has 1 amide bonds. The van der Waals surface area contributed by atoms with Crippen LogP contribution in [0.5, 0.6) is 0 Å². The molecule has 0 aliphatic rings. The molecule has 1 aromatic carbocycles. The number of aromatic nitrogens is 7. The van der Waals surface area contributed by atoms with Gasteiger partial charge in [-0.1, -0.05) is 13.0 Å². The summed E-state index contributed by atoms with van der Waals surface area (Å²) in [6.07, 6.45) is 8.99. The Morgan fingerprint density at radius 3 is 2.60 bits per heavy atom. The van der Waals surface area contributed by atoms with Crippen molar-refractivity contribution < 1.29 is 17.6 Å². The summed E-state index contributed by atoms with van der Waals surface area (Å²) < 4.78 is 37.9. The van der Waals surface area contributed by atoms with Crippen molar-refractivity contribution in [2.24, 2.45) is 0 Å². The molecule has 0 bridgehead atoms. The Bertz CT molecular complexity index is 2110. The normalized spacial score (nSPS) is 11.8. The maximum absolute atomic E-state index is 14.6. The molecule has 0 unspecified atom stereocenters. The number of nitrogens with one attached hydrogen (secondary N) is 3. The van der Waals surface area contributed by atoms with Gasteiger partial charge in [0.05, 0.1) is 46.1 Å². The molecule has 5 aromatic heterocycles. The molecule has 5 heterocycles. The number of aromatic amines is 2. The molecule has 13 heteroatoms. The van der Waals surface area contributed by atoms with E-state index >= 15 is 0 Å². The molecule has 218 valence electrons. The Kier molecular flexibility index (Phi) is 7.40. The minimum Gasteiger partial charge on any atom is -0.335 e. The minimum absolute atomic E-state index is 0.0795. The maximum atomic E-state index is 14.6. The van der Waals surface area contributed by atoms with E-state index in [0.29, 0.717) is 68.1 Å². The summed E-state index contributed by atoms with van der Waals surface area (Å²) in [6, 6.07) is 9.98. The number of sulfone groups is 1. The molecule has 0 aliphatic heterocycles. The van der Waals surface area contributed by atoms with E-state index in [0.717, 1.165) is 18.2 Å². The average molecular weight is 599 g/mol. The monoisotopic (exact) mass is 598 g/mol. The Balaban J connectivity index is 1.37. The van der Waals surface area contributed by atoms with Crippen LogP contribution in [0.3, 0.4) is 0 Å². The van der Waals surface area contributed by atoms with Gasteiger partial charge >= 0.3 is 0 Å². The number of halogens is 1. The molecule has 6 aromatic rings. The van der Waals surface area contributed by atoms with Gasteiger partial charge in [0.2, 0.25) is 5.91 Å². The number of H-pyrrole nitrogens is 2. The number of carbonyl (C=O) groups is 1. The third-order valence-electron chi connectivity index (χ3n) is 6.85. The fourth-order valence-corrected chi connectivity index (χ4v) is 5.44. The molecule has 0 saturated heterocycles. The molecule has 0 saturated carbocycles. The van der Waals surface area contributed by atoms with Gasteiger partial charge in [-0.25, -0.2) is 22.8 Å². The second kappa shape index (κ2) is 11.3. The molecule has 6 rings (SSSR count). The van der Waals surface area contributed by atoms with Crippen molar-refractivity contribution in [2.75, 3.05) is 17.3 Å². The van der Waals surface area contributed by atoms with Crippen LogP contribution in [0, 0.1) is 5.82 Å². The lowest BCUT2D eigenvalue weighted by Crippen LogP contribution is -2.10. The zero-order chi connectivity index (χ0) is 30.1. The number of benzene rings is 1. The number of aryl methyl sites for hydroxylation is 1. The van der Waals surface area contributed by atoms with Crippen LogP contribution in [-0.2, 0) is 21.1 Å². The van der Waals surface area contributed by atoms with Crippen LogP contribution in [0.25, 0.3) is 56.0 Å². The topological polar surface area (TPSA) is 159 Å². The van der Waals surface area contributed by atoms with Gasteiger partial charge in [-0.3, -0.25) is 19.9 Å². The zero-order valence-corrected chi connectivity index (χ0v) is 24.2. The Morgan fingerprint density at radius 1 is 0.953 bits per heavy atom. The maximum Gasteiger partial charge on any atom is 0.224 e. The number of amides is 1. The van der Waals surface area contributed by atoms with Crippen molar-refractivity contribution in [3.05, 3.63) is 72.6 Å². The lowest BCUT2D eigenvalue weighted by molar-refractivity contribution is -0.116. The molecule has 3 N–H and O–H groups in total. The fourth-order valence-electron chi connectivity index (χ4n) is 4.83. The van der Waals surface area contributed by atoms with Gasteiger partial charge in [0.15, 0.2) is 11.5 Å². The van der Waals surface area contributed by atoms with E-state index in [-0.39, 0.29) is 18.1 Å². The van der Waals surface area contributed by atoms with E-state index in [4.69, 9.17) is 9.97 Å². The van der Waals surface area contributed by atoms with Crippen molar-refractivity contribution in [1.29, 1.82) is 0 Å². The standard InChI is InChI=1S/C30H27FN8O3S/c1-3-4-26(40)34-21-12-19(13-32-14-21)23-5-6-24-28(35-23)29(39-38-24)30-36-25-16-33-15-22(27(25)37-30)18-9-17(10-20(31)11-18)7-8-43(2,41)42/h5-6,9-16H,3-4,7-8H2,1-2H3,(H,34,40)(H,36,37)(H,38,39).